The molecule has 1 aliphatic rings. The van der Waals surface area contributed by atoms with Gasteiger partial charge in [-0.3, -0.25) is 4.79 Å². The average molecular weight is 408 g/mol. The summed E-state index contributed by atoms with van der Waals surface area (Å²) in [4.78, 5) is 14.3. The zero-order valence-electron chi connectivity index (χ0n) is 16.1. The van der Waals surface area contributed by atoms with E-state index in [-0.39, 0.29) is 18.7 Å². The zero-order chi connectivity index (χ0) is 20.9. The number of carbonyl (C=O) groups excluding carboxylic acids is 1. The molecule has 156 valence electrons. The fraction of sp³-hybridized carbons (Fsp3) is 0.381. The van der Waals surface area contributed by atoms with Crippen molar-refractivity contribution >= 4 is 17.3 Å². The molecule has 2 aromatic carbocycles. The normalized spacial score (nSPS) is 14.6. The topological polar surface area (TPSA) is 50.8 Å². The number of benzene rings is 2. The predicted molar refractivity (Wildman–Crippen MR) is 104 cm³/mol. The van der Waals surface area contributed by atoms with Gasteiger partial charge in [0.25, 0.3) is 0 Å². The SMILES string of the molecule is Cc1cccc(OCCC(=O)Nc2cc(C(F)(F)F)ccc2N2CCOCC2)c1. The van der Waals surface area contributed by atoms with Gasteiger partial charge in [-0.2, -0.15) is 13.2 Å². The number of nitrogens with zero attached hydrogens (tertiary/aromatic N) is 1. The highest BCUT2D eigenvalue weighted by molar-refractivity contribution is 5.94. The first-order valence-corrected chi connectivity index (χ1v) is 9.36. The molecule has 1 heterocycles. The molecular weight excluding hydrogens is 385 g/mol. The molecular formula is C21H23F3N2O3. The molecule has 1 fully saturated rings. The molecule has 3 rings (SSSR count). The third-order valence-electron chi connectivity index (χ3n) is 4.54. The number of amides is 1. The summed E-state index contributed by atoms with van der Waals surface area (Å²) in [6.07, 6.45) is -4.47. The lowest BCUT2D eigenvalue weighted by Gasteiger charge is -2.31. The van der Waals surface area contributed by atoms with Crippen LogP contribution in [0.4, 0.5) is 24.5 Å². The van der Waals surface area contributed by atoms with Crippen LogP contribution in [0.1, 0.15) is 17.5 Å². The van der Waals surface area contributed by atoms with Crippen molar-refractivity contribution in [3.8, 4) is 5.75 Å². The summed E-state index contributed by atoms with van der Waals surface area (Å²) in [5.74, 6) is 0.234. The van der Waals surface area contributed by atoms with Crippen LogP contribution in [0.3, 0.4) is 0 Å². The van der Waals surface area contributed by atoms with Gasteiger partial charge in [0.1, 0.15) is 5.75 Å². The molecule has 5 nitrogen and oxygen atoms in total. The molecule has 29 heavy (non-hydrogen) atoms. The van der Waals surface area contributed by atoms with Crippen LogP contribution in [0.15, 0.2) is 42.5 Å². The molecule has 0 unspecified atom stereocenters. The monoisotopic (exact) mass is 408 g/mol. The maximum absolute atomic E-state index is 13.1. The number of aryl methyl sites for hydroxylation is 1. The molecule has 0 radical (unpaired) electrons. The van der Waals surface area contributed by atoms with Crippen molar-refractivity contribution in [2.24, 2.45) is 0 Å². The van der Waals surface area contributed by atoms with E-state index in [1.165, 1.54) is 6.07 Å². The molecule has 0 aliphatic carbocycles. The van der Waals surface area contributed by atoms with E-state index < -0.39 is 17.6 Å². The largest absolute Gasteiger partial charge is 0.493 e. The van der Waals surface area contributed by atoms with Crippen LogP contribution >= 0.6 is 0 Å². The van der Waals surface area contributed by atoms with Gasteiger partial charge in [0.15, 0.2) is 0 Å². The number of alkyl halides is 3. The quantitative estimate of drug-likeness (QED) is 0.776. The number of carbonyl (C=O) groups is 1. The second-order valence-corrected chi connectivity index (χ2v) is 6.79. The Morgan fingerprint density at radius 3 is 2.62 bits per heavy atom. The van der Waals surface area contributed by atoms with Crippen molar-refractivity contribution in [3.05, 3.63) is 53.6 Å². The third kappa shape index (κ3) is 5.87. The minimum absolute atomic E-state index is 0.0206. The van der Waals surface area contributed by atoms with E-state index in [2.05, 4.69) is 5.32 Å². The summed E-state index contributed by atoms with van der Waals surface area (Å²) in [6.45, 7) is 4.12. The maximum atomic E-state index is 13.1. The highest BCUT2D eigenvalue weighted by Crippen LogP contribution is 2.35. The van der Waals surface area contributed by atoms with Gasteiger partial charge < -0.3 is 19.7 Å². The lowest BCUT2D eigenvalue weighted by atomic mass is 10.1. The van der Waals surface area contributed by atoms with Gasteiger partial charge in [-0.1, -0.05) is 12.1 Å². The van der Waals surface area contributed by atoms with Gasteiger partial charge in [0.05, 0.1) is 43.2 Å². The molecule has 0 atom stereocenters. The molecule has 1 amide bonds. The molecule has 1 N–H and O–H groups in total. The van der Waals surface area contributed by atoms with Crippen molar-refractivity contribution in [2.45, 2.75) is 19.5 Å². The molecule has 1 saturated heterocycles. The third-order valence-corrected chi connectivity index (χ3v) is 4.54. The minimum Gasteiger partial charge on any atom is -0.493 e. The Morgan fingerprint density at radius 2 is 1.93 bits per heavy atom. The van der Waals surface area contributed by atoms with Crippen molar-refractivity contribution in [1.82, 2.24) is 0 Å². The highest BCUT2D eigenvalue weighted by Gasteiger charge is 2.31. The Labute approximate surface area is 167 Å². The van der Waals surface area contributed by atoms with Crippen LogP contribution in [0.25, 0.3) is 0 Å². The van der Waals surface area contributed by atoms with E-state index in [1.54, 1.807) is 6.07 Å². The van der Waals surface area contributed by atoms with Gasteiger partial charge in [-0.05, 0) is 42.8 Å². The van der Waals surface area contributed by atoms with Crippen LogP contribution in [0.2, 0.25) is 0 Å². The van der Waals surface area contributed by atoms with Crippen LogP contribution < -0.4 is 15.0 Å². The van der Waals surface area contributed by atoms with Gasteiger partial charge in [0, 0.05) is 13.1 Å². The van der Waals surface area contributed by atoms with Crippen molar-refractivity contribution in [2.75, 3.05) is 43.1 Å². The number of anilines is 2. The molecule has 0 bridgehead atoms. The van der Waals surface area contributed by atoms with Gasteiger partial charge in [-0.25, -0.2) is 0 Å². The van der Waals surface area contributed by atoms with Crippen molar-refractivity contribution in [1.29, 1.82) is 0 Å². The molecule has 0 saturated carbocycles. The number of nitrogens with one attached hydrogen (secondary N) is 1. The number of rotatable bonds is 6. The van der Waals surface area contributed by atoms with E-state index in [4.69, 9.17) is 9.47 Å². The summed E-state index contributed by atoms with van der Waals surface area (Å²) in [5, 5.41) is 2.62. The van der Waals surface area contributed by atoms with E-state index in [0.717, 1.165) is 17.7 Å². The van der Waals surface area contributed by atoms with Crippen LogP contribution in [-0.2, 0) is 15.7 Å². The predicted octanol–water partition coefficient (Wildman–Crippen LogP) is 4.26. The molecule has 8 heteroatoms. The highest BCUT2D eigenvalue weighted by atomic mass is 19.4. The van der Waals surface area contributed by atoms with Crippen LogP contribution in [-0.4, -0.2) is 38.8 Å². The maximum Gasteiger partial charge on any atom is 0.416 e. The lowest BCUT2D eigenvalue weighted by Crippen LogP contribution is -2.37. The van der Waals surface area contributed by atoms with Gasteiger partial charge >= 0.3 is 6.18 Å². The van der Waals surface area contributed by atoms with Crippen molar-refractivity contribution < 1.29 is 27.4 Å². The lowest BCUT2D eigenvalue weighted by molar-refractivity contribution is -0.137. The summed E-state index contributed by atoms with van der Waals surface area (Å²) in [7, 11) is 0. The standard InChI is InChI=1S/C21H23F3N2O3/c1-15-3-2-4-17(13-15)29-10-7-20(27)25-18-14-16(21(22,23)24)5-6-19(18)26-8-11-28-12-9-26/h2-6,13-14H,7-12H2,1H3,(H,25,27). The molecule has 0 aromatic heterocycles. The second kappa shape index (κ2) is 9.17. The Bertz CT molecular complexity index is 849. The Hall–Kier alpha value is -2.74. The van der Waals surface area contributed by atoms with E-state index in [0.29, 0.717) is 37.7 Å². The minimum atomic E-state index is -4.49. The van der Waals surface area contributed by atoms with Gasteiger partial charge in [-0.15, -0.1) is 0 Å². The Balaban J connectivity index is 1.68. The summed E-state index contributed by atoms with van der Waals surface area (Å²) < 4.78 is 50.3. The summed E-state index contributed by atoms with van der Waals surface area (Å²) in [6, 6.07) is 10.8. The summed E-state index contributed by atoms with van der Waals surface area (Å²) in [5.41, 5.74) is 0.920. The zero-order valence-corrected chi connectivity index (χ0v) is 16.1. The van der Waals surface area contributed by atoms with E-state index in [1.807, 2.05) is 30.0 Å². The average Bonchev–Trinajstić information content (AvgIpc) is 2.68. The molecule has 0 spiro atoms. The number of halogens is 3. The van der Waals surface area contributed by atoms with Crippen LogP contribution in [0, 0.1) is 6.92 Å². The molecule has 1 aliphatic heterocycles. The first-order valence-electron chi connectivity index (χ1n) is 9.36. The van der Waals surface area contributed by atoms with Gasteiger partial charge in [0.2, 0.25) is 5.91 Å². The number of hydrogen-bond acceptors (Lipinski definition) is 4. The fourth-order valence-electron chi connectivity index (χ4n) is 3.07. The number of ether oxygens (including phenoxy) is 2. The van der Waals surface area contributed by atoms with Crippen LogP contribution in [0.5, 0.6) is 5.75 Å². The smallest absolute Gasteiger partial charge is 0.416 e. The number of morpholine rings is 1. The summed E-state index contributed by atoms with van der Waals surface area (Å²) >= 11 is 0. The first kappa shape index (κ1) is 21.0. The Kier molecular flexibility index (Phi) is 6.64. The van der Waals surface area contributed by atoms with Crippen molar-refractivity contribution in [3.63, 3.8) is 0 Å². The number of hydrogen-bond donors (Lipinski definition) is 1. The fourth-order valence-corrected chi connectivity index (χ4v) is 3.07. The Morgan fingerprint density at radius 1 is 1.17 bits per heavy atom. The van der Waals surface area contributed by atoms with E-state index >= 15 is 0 Å². The first-order chi connectivity index (χ1) is 13.8. The second-order valence-electron chi connectivity index (χ2n) is 6.79. The molecule has 2 aromatic rings. The van der Waals surface area contributed by atoms with E-state index in [9.17, 15) is 18.0 Å².